The Bertz CT molecular complexity index is 130. The van der Waals surface area contributed by atoms with Gasteiger partial charge in [-0.05, 0) is 19.3 Å². The molecule has 0 radical (unpaired) electrons. The lowest BCUT2D eigenvalue weighted by atomic mass is 10.00. The zero-order valence-corrected chi connectivity index (χ0v) is 9.67. The second-order valence-corrected chi connectivity index (χ2v) is 6.60. The lowest BCUT2D eigenvalue weighted by Crippen LogP contribution is -2.30. The quantitative estimate of drug-likeness (QED) is 0.522. The molecular weight excluding hydrogens is 192 g/mol. The lowest BCUT2D eigenvalue weighted by Gasteiger charge is -2.28. The molecule has 0 heterocycles. The molecule has 2 nitrogen and oxygen atoms in total. The number of hydrogen-bond donors (Lipinski definition) is 0. The van der Waals surface area contributed by atoms with E-state index in [1.165, 1.54) is 12.8 Å². The van der Waals surface area contributed by atoms with Gasteiger partial charge in [0, 0.05) is 25.1 Å². The van der Waals surface area contributed by atoms with Gasteiger partial charge in [0.05, 0.1) is 0 Å². The van der Waals surface area contributed by atoms with Gasteiger partial charge in [-0.3, -0.25) is 0 Å². The molecule has 1 saturated carbocycles. The summed E-state index contributed by atoms with van der Waals surface area (Å²) in [5, 5.41) is 0.351. The summed E-state index contributed by atoms with van der Waals surface area (Å²) in [6.45, 7) is 0. The average molecular weight is 209 g/mol. The Morgan fingerprint density at radius 1 is 1.25 bits per heavy atom. The summed E-state index contributed by atoms with van der Waals surface area (Å²) in [6, 6.07) is 0. The first kappa shape index (κ1) is 10.5. The van der Waals surface area contributed by atoms with Gasteiger partial charge in [0.2, 0.25) is 0 Å². The third kappa shape index (κ3) is 2.73. The molecular formula is C8H17ClO2Si. The summed E-state index contributed by atoms with van der Waals surface area (Å²) in [6.07, 6.45) is 4.71. The smallest absolute Gasteiger partial charge is 0.324 e. The minimum atomic E-state index is -1.40. The van der Waals surface area contributed by atoms with Crippen molar-refractivity contribution >= 4 is 20.9 Å². The van der Waals surface area contributed by atoms with E-state index in [0.29, 0.717) is 10.9 Å². The largest absolute Gasteiger partial charge is 0.400 e. The topological polar surface area (TPSA) is 18.5 Å². The minimum Gasteiger partial charge on any atom is -0.400 e. The molecule has 72 valence electrons. The van der Waals surface area contributed by atoms with Crippen LogP contribution < -0.4 is 0 Å². The average Bonchev–Trinajstić information content (AvgIpc) is 2.07. The molecule has 0 N–H and O–H groups in total. The molecule has 0 bridgehead atoms. The van der Waals surface area contributed by atoms with Crippen molar-refractivity contribution in [3.8, 4) is 0 Å². The van der Waals surface area contributed by atoms with Crippen molar-refractivity contribution in [2.75, 3.05) is 14.2 Å². The zero-order chi connectivity index (χ0) is 8.97. The number of hydrogen-bond acceptors (Lipinski definition) is 2. The molecule has 12 heavy (non-hydrogen) atoms. The van der Waals surface area contributed by atoms with Crippen LogP contribution in [0.3, 0.4) is 0 Å². The highest BCUT2D eigenvalue weighted by atomic mass is 35.5. The maximum Gasteiger partial charge on any atom is 0.324 e. The molecule has 1 aliphatic rings. The third-order valence-electron chi connectivity index (χ3n) is 2.50. The molecule has 4 heteroatoms. The standard InChI is InChI=1S/C8H17ClO2Si/c1-10-12(11-2)8-5-3-4-7(9)6-8/h7-8,12H,3-6H2,1-2H3. The van der Waals surface area contributed by atoms with Crippen molar-refractivity contribution in [3.05, 3.63) is 0 Å². The van der Waals surface area contributed by atoms with E-state index in [0.717, 1.165) is 12.8 Å². The highest BCUT2D eigenvalue weighted by Gasteiger charge is 2.29. The Labute approximate surface area is 81.0 Å². The van der Waals surface area contributed by atoms with Crippen molar-refractivity contribution in [3.63, 3.8) is 0 Å². The molecule has 2 unspecified atom stereocenters. The molecule has 0 saturated heterocycles. The Kier molecular flexibility index (Phi) is 4.57. The Balaban J connectivity index is 2.38. The molecule has 0 aromatic heterocycles. The summed E-state index contributed by atoms with van der Waals surface area (Å²) in [7, 11) is 2.10. The lowest BCUT2D eigenvalue weighted by molar-refractivity contribution is 0.253. The van der Waals surface area contributed by atoms with Gasteiger partial charge in [-0.1, -0.05) is 6.42 Å². The van der Waals surface area contributed by atoms with E-state index in [-0.39, 0.29) is 0 Å². The molecule has 1 rings (SSSR count). The van der Waals surface area contributed by atoms with Gasteiger partial charge in [0.15, 0.2) is 0 Å². The second-order valence-electron chi connectivity index (χ2n) is 3.36. The number of rotatable bonds is 3. The van der Waals surface area contributed by atoms with Crippen molar-refractivity contribution in [1.82, 2.24) is 0 Å². The summed E-state index contributed by atoms with van der Waals surface area (Å²) in [4.78, 5) is 0. The van der Waals surface area contributed by atoms with E-state index < -0.39 is 9.28 Å². The SMILES string of the molecule is CO[SiH](OC)C1CCCC(Cl)C1. The van der Waals surface area contributed by atoms with Crippen molar-refractivity contribution in [2.24, 2.45) is 0 Å². The fourth-order valence-electron chi connectivity index (χ4n) is 1.89. The fourth-order valence-corrected chi connectivity index (χ4v) is 4.47. The first-order valence-corrected chi connectivity index (χ1v) is 6.52. The number of alkyl halides is 1. The van der Waals surface area contributed by atoms with Gasteiger partial charge in [-0.25, -0.2) is 0 Å². The van der Waals surface area contributed by atoms with E-state index >= 15 is 0 Å². The molecule has 0 amide bonds. The van der Waals surface area contributed by atoms with Crippen LogP contribution in [-0.4, -0.2) is 28.9 Å². The first-order valence-electron chi connectivity index (χ1n) is 4.47. The predicted octanol–water partition coefficient (Wildman–Crippen LogP) is 2.05. The van der Waals surface area contributed by atoms with Gasteiger partial charge in [-0.15, -0.1) is 11.6 Å². The van der Waals surface area contributed by atoms with E-state index in [4.69, 9.17) is 20.5 Å². The zero-order valence-electron chi connectivity index (χ0n) is 7.75. The maximum absolute atomic E-state index is 6.08. The molecule has 1 aliphatic carbocycles. The molecule has 0 aliphatic heterocycles. The Morgan fingerprint density at radius 2 is 1.92 bits per heavy atom. The van der Waals surface area contributed by atoms with Crippen LogP contribution in [0, 0.1) is 0 Å². The fraction of sp³-hybridized carbons (Fsp3) is 1.00. The predicted molar refractivity (Wildman–Crippen MR) is 53.0 cm³/mol. The van der Waals surface area contributed by atoms with Gasteiger partial charge in [-0.2, -0.15) is 0 Å². The van der Waals surface area contributed by atoms with Gasteiger partial charge in [0.1, 0.15) is 0 Å². The minimum absolute atomic E-state index is 0.351. The van der Waals surface area contributed by atoms with E-state index in [9.17, 15) is 0 Å². The van der Waals surface area contributed by atoms with E-state index in [1.807, 2.05) is 0 Å². The molecule has 0 aromatic carbocycles. The highest BCUT2D eigenvalue weighted by molar-refractivity contribution is 6.46. The Morgan fingerprint density at radius 3 is 2.42 bits per heavy atom. The third-order valence-corrected chi connectivity index (χ3v) is 5.20. The van der Waals surface area contributed by atoms with Crippen LogP contribution in [0.4, 0.5) is 0 Å². The van der Waals surface area contributed by atoms with Crippen molar-refractivity contribution < 1.29 is 8.85 Å². The van der Waals surface area contributed by atoms with Gasteiger partial charge < -0.3 is 8.85 Å². The first-order chi connectivity index (χ1) is 5.77. The summed E-state index contributed by atoms with van der Waals surface area (Å²) in [5.74, 6) is 0. The number of halogens is 1. The van der Waals surface area contributed by atoms with Crippen molar-refractivity contribution in [2.45, 2.75) is 36.6 Å². The Hall–Kier alpha value is 0.427. The van der Waals surface area contributed by atoms with Crippen LogP contribution in [0.15, 0.2) is 0 Å². The summed E-state index contributed by atoms with van der Waals surface area (Å²) < 4.78 is 10.7. The molecule has 0 spiro atoms. The molecule has 0 aromatic rings. The molecule has 1 fully saturated rings. The van der Waals surface area contributed by atoms with Crippen LogP contribution >= 0.6 is 11.6 Å². The highest BCUT2D eigenvalue weighted by Crippen LogP contribution is 2.34. The summed E-state index contributed by atoms with van der Waals surface area (Å²) >= 11 is 6.08. The van der Waals surface area contributed by atoms with Gasteiger partial charge in [0.25, 0.3) is 0 Å². The second kappa shape index (κ2) is 5.22. The van der Waals surface area contributed by atoms with Crippen LogP contribution in [0.25, 0.3) is 0 Å². The summed E-state index contributed by atoms with van der Waals surface area (Å²) in [5.41, 5.74) is 0.622. The maximum atomic E-state index is 6.08. The van der Waals surface area contributed by atoms with Crippen molar-refractivity contribution in [1.29, 1.82) is 0 Å². The monoisotopic (exact) mass is 208 g/mol. The normalized spacial score (nSPS) is 31.0. The van der Waals surface area contributed by atoms with Crippen LogP contribution in [-0.2, 0) is 8.85 Å². The van der Waals surface area contributed by atoms with Crippen LogP contribution in [0.1, 0.15) is 25.7 Å². The van der Waals surface area contributed by atoms with E-state index in [1.54, 1.807) is 14.2 Å². The van der Waals surface area contributed by atoms with Crippen LogP contribution in [0.2, 0.25) is 5.54 Å². The van der Waals surface area contributed by atoms with Gasteiger partial charge >= 0.3 is 9.28 Å². The van der Waals surface area contributed by atoms with E-state index in [2.05, 4.69) is 0 Å². The van der Waals surface area contributed by atoms with Crippen LogP contribution in [0.5, 0.6) is 0 Å². The molecule has 2 atom stereocenters.